The lowest BCUT2D eigenvalue weighted by Crippen LogP contribution is -2.32. The van der Waals surface area contributed by atoms with E-state index in [1.165, 1.54) is 37.7 Å². The summed E-state index contributed by atoms with van der Waals surface area (Å²) in [6.07, 6.45) is 10.1. The highest BCUT2D eigenvalue weighted by Gasteiger charge is 2.23. The van der Waals surface area contributed by atoms with Gasteiger partial charge in [-0.05, 0) is 24.3 Å². The van der Waals surface area contributed by atoms with E-state index in [9.17, 15) is 4.55 Å². The Hall–Kier alpha value is -0.510. The lowest BCUT2D eigenvalue weighted by atomic mass is 9.83. The van der Waals surface area contributed by atoms with Gasteiger partial charge in [0, 0.05) is 11.4 Å². The van der Waals surface area contributed by atoms with E-state index in [0.717, 1.165) is 30.9 Å². The van der Waals surface area contributed by atoms with E-state index in [0.29, 0.717) is 0 Å². The van der Waals surface area contributed by atoms with Crippen molar-refractivity contribution in [1.82, 2.24) is 4.72 Å². The molecule has 1 aliphatic carbocycles. The van der Waals surface area contributed by atoms with Gasteiger partial charge in [0.1, 0.15) is 5.75 Å². The molecule has 1 aromatic rings. The number of unbranched alkanes of at least 4 members (excludes halogenated alkanes) is 1. The molecule has 1 saturated carbocycles. The minimum Gasteiger partial charge on any atom is -0.598 e. The molecule has 0 bridgehead atoms. The topological polar surface area (TPSA) is 35.1 Å². The van der Waals surface area contributed by atoms with Crippen LogP contribution in [0.25, 0.3) is 0 Å². The van der Waals surface area contributed by atoms with E-state index in [-0.39, 0.29) is 6.04 Å². The van der Waals surface area contributed by atoms with Crippen LogP contribution in [0.2, 0.25) is 0 Å². The van der Waals surface area contributed by atoms with E-state index in [2.05, 4.69) is 42.0 Å². The van der Waals surface area contributed by atoms with Crippen molar-refractivity contribution >= 4 is 11.4 Å². The molecule has 1 aromatic carbocycles. The highest BCUT2D eigenvalue weighted by atomic mass is 32.2. The van der Waals surface area contributed by atoms with E-state index in [1.807, 2.05) is 0 Å². The standard InChI is InChI=1S/C18H29NOS/c1-2-3-14-21(20)19-18(17-12-8-5-9-13-17)15-16-10-6-4-7-11-16/h5,8-9,12-13,16,18-19H,2-4,6-7,10-11,14-15H2,1H3/t18-,21-/m1/s1. The largest absolute Gasteiger partial charge is 0.598 e. The zero-order chi connectivity index (χ0) is 14.9. The van der Waals surface area contributed by atoms with Crippen LogP contribution >= 0.6 is 0 Å². The first-order valence-electron chi connectivity index (χ1n) is 8.49. The number of benzene rings is 1. The van der Waals surface area contributed by atoms with Crippen molar-refractivity contribution in [2.75, 3.05) is 5.75 Å². The number of nitrogens with one attached hydrogen (secondary N) is 1. The summed E-state index contributed by atoms with van der Waals surface area (Å²) in [6.45, 7) is 2.15. The molecule has 0 aromatic heterocycles. The average Bonchev–Trinajstić information content (AvgIpc) is 2.54. The van der Waals surface area contributed by atoms with Crippen molar-refractivity contribution in [2.24, 2.45) is 5.92 Å². The summed E-state index contributed by atoms with van der Waals surface area (Å²) in [4.78, 5) is 0. The molecule has 0 amide bonds. The van der Waals surface area contributed by atoms with Gasteiger partial charge in [-0.3, -0.25) is 0 Å². The van der Waals surface area contributed by atoms with Crippen LogP contribution in [0.1, 0.15) is 69.9 Å². The molecule has 118 valence electrons. The first-order valence-corrected chi connectivity index (χ1v) is 9.81. The molecular formula is C18H29NOS. The van der Waals surface area contributed by atoms with Crippen molar-refractivity contribution in [3.8, 4) is 0 Å². The normalized spacial score (nSPS) is 19.3. The molecule has 2 rings (SSSR count). The van der Waals surface area contributed by atoms with Crippen LogP contribution in [0.15, 0.2) is 30.3 Å². The molecule has 3 heteroatoms. The Bertz CT molecular complexity index is 378. The van der Waals surface area contributed by atoms with Crippen LogP contribution in [0.5, 0.6) is 0 Å². The maximum Gasteiger partial charge on any atom is 0.125 e. The Balaban J connectivity index is 1.96. The van der Waals surface area contributed by atoms with Crippen LogP contribution < -0.4 is 4.72 Å². The summed E-state index contributed by atoms with van der Waals surface area (Å²) < 4.78 is 15.6. The molecule has 0 radical (unpaired) electrons. The van der Waals surface area contributed by atoms with Crippen LogP contribution in [0.3, 0.4) is 0 Å². The molecule has 0 heterocycles. The number of rotatable bonds is 8. The fourth-order valence-electron chi connectivity index (χ4n) is 3.19. The molecular weight excluding hydrogens is 278 g/mol. The average molecular weight is 308 g/mol. The zero-order valence-electron chi connectivity index (χ0n) is 13.2. The zero-order valence-corrected chi connectivity index (χ0v) is 14.0. The highest BCUT2D eigenvalue weighted by Crippen LogP contribution is 2.32. The van der Waals surface area contributed by atoms with Gasteiger partial charge in [0.25, 0.3) is 0 Å². The molecule has 0 saturated heterocycles. The predicted molar refractivity (Wildman–Crippen MR) is 91.4 cm³/mol. The summed E-state index contributed by atoms with van der Waals surface area (Å²) in [5, 5.41) is 0. The maximum atomic E-state index is 12.2. The molecule has 0 aliphatic heterocycles. The van der Waals surface area contributed by atoms with Gasteiger partial charge in [-0.15, -0.1) is 4.72 Å². The lowest BCUT2D eigenvalue weighted by molar-refractivity contribution is 0.312. The third-order valence-corrected chi connectivity index (χ3v) is 5.66. The Morgan fingerprint density at radius 3 is 2.57 bits per heavy atom. The monoisotopic (exact) mass is 307 g/mol. The van der Waals surface area contributed by atoms with Gasteiger partial charge in [0.05, 0.1) is 6.04 Å². The van der Waals surface area contributed by atoms with Gasteiger partial charge < -0.3 is 4.55 Å². The summed E-state index contributed by atoms with van der Waals surface area (Å²) in [5.41, 5.74) is 1.29. The van der Waals surface area contributed by atoms with Crippen LogP contribution in [-0.4, -0.2) is 10.3 Å². The van der Waals surface area contributed by atoms with Crippen molar-refractivity contribution in [1.29, 1.82) is 0 Å². The fourth-order valence-corrected chi connectivity index (χ4v) is 4.41. The van der Waals surface area contributed by atoms with E-state index < -0.39 is 11.4 Å². The van der Waals surface area contributed by atoms with E-state index in [4.69, 9.17) is 0 Å². The van der Waals surface area contributed by atoms with E-state index in [1.54, 1.807) is 0 Å². The molecule has 1 fully saturated rings. The first kappa shape index (κ1) is 16.9. The Kier molecular flexibility index (Phi) is 7.62. The first-order chi connectivity index (χ1) is 10.3. The third kappa shape index (κ3) is 6.01. The Morgan fingerprint density at radius 2 is 1.90 bits per heavy atom. The van der Waals surface area contributed by atoms with Gasteiger partial charge in [-0.1, -0.05) is 75.8 Å². The van der Waals surface area contributed by atoms with Gasteiger partial charge >= 0.3 is 0 Å². The SMILES string of the molecule is CCCC[S@@+]([O-])N[C@H](CC1CCCCC1)c1ccccc1. The van der Waals surface area contributed by atoms with Crippen LogP contribution in [0.4, 0.5) is 0 Å². The quantitative estimate of drug-likeness (QED) is 0.703. The van der Waals surface area contributed by atoms with Crippen LogP contribution in [-0.2, 0) is 11.4 Å². The molecule has 0 unspecified atom stereocenters. The van der Waals surface area contributed by atoms with Crippen LogP contribution in [0, 0.1) is 5.92 Å². The minimum absolute atomic E-state index is 0.243. The minimum atomic E-state index is -0.905. The smallest absolute Gasteiger partial charge is 0.125 e. The third-order valence-electron chi connectivity index (χ3n) is 4.45. The molecule has 1 aliphatic rings. The van der Waals surface area contributed by atoms with Crippen molar-refractivity contribution in [2.45, 2.75) is 64.3 Å². The van der Waals surface area contributed by atoms with E-state index >= 15 is 0 Å². The lowest BCUT2D eigenvalue weighted by Gasteiger charge is -2.27. The second-order valence-corrected chi connectivity index (χ2v) is 7.56. The highest BCUT2D eigenvalue weighted by molar-refractivity contribution is 7.89. The number of hydrogen-bond acceptors (Lipinski definition) is 2. The second-order valence-electron chi connectivity index (χ2n) is 6.22. The van der Waals surface area contributed by atoms with Gasteiger partial charge in [-0.25, -0.2) is 0 Å². The Morgan fingerprint density at radius 1 is 1.19 bits per heavy atom. The molecule has 21 heavy (non-hydrogen) atoms. The molecule has 1 N–H and O–H groups in total. The molecule has 2 atom stereocenters. The molecule has 0 spiro atoms. The summed E-state index contributed by atoms with van der Waals surface area (Å²) in [5.74, 6) is 1.56. The van der Waals surface area contributed by atoms with Gasteiger partial charge in [0.2, 0.25) is 0 Å². The number of hydrogen-bond donors (Lipinski definition) is 1. The molecule has 2 nitrogen and oxygen atoms in total. The van der Waals surface area contributed by atoms with Crippen molar-refractivity contribution in [3.63, 3.8) is 0 Å². The van der Waals surface area contributed by atoms with Crippen molar-refractivity contribution in [3.05, 3.63) is 35.9 Å². The Labute approximate surface area is 133 Å². The predicted octanol–water partition coefficient (Wildman–Crippen LogP) is 4.75. The van der Waals surface area contributed by atoms with Crippen molar-refractivity contribution < 1.29 is 4.55 Å². The fraction of sp³-hybridized carbons (Fsp3) is 0.667. The summed E-state index contributed by atoms with van der Waals surface area (Å²) >= 11 is -0.905. The van der Waals surface area contributed by atoms with Gasteiger partial charge in [-0.2, -0.15) is 0 Å². The maximum absolute atomic E-state index is 12.2. The second kappa shape index (κ2) is 9.50. The van der Waals surface area contributed by atoms with Gasteiger partial charge in [0.15, 0.2) is 0 Å². The summed E-state index contributed by atoms with van der Waals surface area (Å²) in [7, 11) is 0. The summed E-state index contributed by atoms with van der Waals surface area (Å²) in [6, 6.07) is 10.8.